The number of carbonyl (C=O) groups excluding carboxylic acids is 1. The summed E-state index contributed by atoms with van der Waals surface area (Å²) in [5.41, 5.74) is 1.51. The second-order valence-corrected chi connectivity index (χ2v) is 11.6. The first-order valence-corrected chi connectivity index (χ1v) is 13.0. The van der Waals surface area contributed by atoms with Crippen LogP contribution in [-0.4, -0.2) is 52.3 Å². The molecule has 0 amide bonds. The molecule has 1 aliphatic rings. The lowest BCUT2D eigenvalue weighted by Gasteiger charge is -2.28. The molecular formula is C25H32N2O6S. The quantitative estimate of drug-likeness (QED) is 0.522. The summed E-state index contributed by atoms with van der Waals surface area (Å²) in [6.45, 7) is 11.8. The van der Waals surface area contributed by atoms with E-state index in [9.17, 15) is 13.2 Å². The van der Waals surface area contributed by atoms with E-state index in [2.05, 4.69) is 15.7 Å². The zero-order valence-electron chi connectivity index (χ0n) is 20.3. The number of fused-ring (bicyclic) bond motifs is 3. The molecule has 1 atom stereocenters. The molecule has 1 fully saturated rings. The van der Waals surface area contributed by atoms with Gasteiger partial charge in [-0.25, -0.2) is 8.42 Å². The van der Waals surface area contributed by atoms with Crippen molar-refractivity contribution in [1.29, 1.82) is 0 Å². The molecule has 0 saturated carbocycles. The molecule has 1 aliphatic heterocycles. The monoisotopic (exact) mass is 488 g/mol. The van der Waals surface area contributed by atoms with Crippen molar-refractivity contribution in [2.45, 2.75) is 51.2 Å². The Kier molecular flexibility index (Phi) is 6.63. The van der Waals surface area contributed by atoms with Crippen LogP contribution in [0.5, 0.6) is 0 Å². The Morgan fingerprint density at radius 2 is 1.74 bits per heavy atom. The minimum Gasteiger partial charge on any atom is -0.459 e. The first-order valence-electron chi connectivity index (χ1n) is 11.5. The van der Waals surface area contributed by atoms with E-state index in [1.807, 2.05) is 12.1 Å². The fraction of sp³-hybridized carbons (Fsp3) is 0.480. The van der Waals surface area contributed by atoms with Gasteiger partial charge in [0.1, 0.15) is 22.8 Å². The number of anilines is 1. The van der Waals surface area contributed by atoms with Gasteiger partial charge in [-0.3, -0.25) is 4.79 Å². The molecule has 4 rings (SSSR count). The van der Waals surface area contributed by atoms with Crippen LogP contribution in [0.4, 0.5) is 5.69 Å². The molecule has 2 aromatic carbocycles. The highest BCUT2D eigenvalue weighted by Crippen LogP contribution is 2.33. The maximum Gasteiger partial charge on any atom is 0.324 e. The van der Waals surface area contributed by atoms with E-state index in [0.29, 0.717) is 24.4 Å². The maximum atomic E-state index is 13.2. The molecule has 2 heterocycles. The Morgan fingerprint density at radius 1 is 1.03 bits per heavy atom. The lowest BCUT2D eigenvalue weighted by molar-refractivity contribution is -0.158. The van der Waals surface area contributed by atoms with Crippen molar-refractivity contribution in [3.8, 4) is 0 Å². The van der Waals surface area contributed by atoms with Gasteiger partial charge in [0.05, 0.1) is 18.1 Å². The Hall–Kier alpha value is -2.62. The summed E-state index contributed by atoms with van der Waals surface area (Å²) in [5.74, 6) is -0.898. The summed E-state index contributed by atoms with van der Waals surface area (Å²) < 4.78 is 45.7. The third kappa shape index (κ3) is 5.21. The molecule has 0 bridgehead atoms. The second-order valence-electron chi connectivity index (χ2n) is 9.92. The van der Waals surface area contributed by atoms with Crippen molar-refractivity contribution in [3.63, 3.8) is 0 Å². The molecule has 184 valence electrons. The number of hydrogen-bond acceptors (Lipinski definition) is 7. The largest absolute Gasteiger partial charge is 0.459 e. The number of ether oxygens (including phenoxy) is 2. The molecule has 9 heteroatoms. The van der Waals surface area contributed by atoms with E-state index >= 15 is 0 Å². The maximum absolute atomic E-state index is 13.2. The van der Waals surface area contributed by atoms with E-state index in [4.69, 9.17) is 13.9 Å². The smallest absolute Gasteiger partial charge is 0.324 e. The number of nitrogens with one attached hydrogen (secondary N) is 1. The van der Waals surface area contributed by atoms with Crippen LogP contribution in [0.2, 0.25) is 0 Å². The molecule has 0 spiro atoms. The second kappa shape index (κ2) is 9.20. The number of morpholine rings is 1. The first-order chi connectivity index (χ1) is 15.9. The predicted molar refractivity (Wildman–Crippen MR) is 132 cm³/mol. The normalized spacial score (nSPS) is 16.4. The Morgan fingerprint density at radius 3 is 2.38 bits per heavy atom. The van der Waals surface area contributed by atoms with Gasteiger partial charge in [0.25, 0.3) is 0 Å². The van der Waals surface area contributed by atoms with Gasteiger partial charge in [-0.15, -0.1) is 0 Å². The molecule has 1 N–H and O–H groups in total. The van der Waals surface area contributed by atoms with Crippen molar-refractivity contribution in [2.75, 3.05) is 31.2 Å². The number of furan rings is 1. The summed E-state index contributed by atoms with van der Waals surface area (Å²) in [6.07, 6.45) is 0. The van der Waals surface area contributed by atoms with Crippen LogP contribution in [-0.2, 0) is 24.3 Å². The summed E-state index contributed by atoms with van der Waals surface area (Å²) in [6, 6.07) is 9.75. The van der Waals surface area contributed by atoms with Crippen molar-refractivity contribution < 1.29 is 27.1 Å². The Balaban J connectivity index is 1.64. The van der Waals surface area contributed by atoms with Gasteiger partial charge in [-0.1, -0.05) is 13.8 Å². The predicted octanol–water partition coefficient (Wildman–Crippen LogP) is 4.07. The lowest BCUT2D eigenvalue weighted by atomic mass is 10.1. The van der Waals surface area contributed by atoms with Crippen LogP contribution in [0.15, 0.2) is 45.7 Å². The van der Waals surface area contributed by atoms with Gasteiger partial charge in [0.15, 0.2) is 0 Å². The highest BCUT2D eigenvalue weighted by Gasteiger charge is 2.32. The summed E-state index contributed by atoms with van der Waals surface area (Å²) in [5, 5.41) is 1.75. The first kappa shape index (κ1) is 24.5. The summed E-state index contributed by atoms with van der Waals surface area (Å²) >= 11 is 0. The average molecular weight is 489 g/mol. The number of sulfonamides is 1. The standard InChI is InChI=1S/C25H32N2O6S/c1-16(2)23(24(28)33-25(3,4)5)26-34(29,30)18-7-8-19-20-14-17(27-10-12-31-13-11-27)6-9-21(20)32-22(19)15-18/h6-9,14-16,23,26H,10-13H2,1-5H3. The molecule has 0 aliphatic carbocycles. The highest BCUT2D eigenvalue weighted by atomic mass is 32.2. The fourth-order valence-electron chi connectivity index (χ4n) is 3.99. The summed E-state index contributed by atoms with van der Waals surface area (Å²) in [7, 11) is -3.99. The van der Waals surface area contributed by atoms with E-state index in [1.54, 1.807) is 40.7 Å². The third-order valence-corrected chi connectivity index (χ3v) is 7.16. The molecule has 3 aromatic rings. The van der Waals surface area contributed by atoms with Crippen molar-refractivity contribution in [3.05, 3.63) is 36.4 Å². The third-order valence-electron chi connectivity index (χ3n) is 5.72. The van der Waals surface area contributed by atoms with E-state index in [-0.39, 0.29) is 10.8 Å². The zero-order valence-corrected chi connectivity index (χ0v) is 21.1. The van der Waals surface area contributed by atoms with Gasteiger partial charge < -0.3 is 18.8 Å². The van der Waals surface area contributed by atoms with Gasteiger partial charge in [0, 0.05) is 35.6 Å². The molecule has 1 unspecified atom stereocenters. The number of esters is 1. The number of hydrogen-bond donors (Lipinski definition) is 1. The number of carbonyl (C=O) groups is 1. The summed E-state index contributed by atoms with van der Waals surface area (Å²) in [4.78, 5) is 14.9. The lowest BCUT2D eigenvalue weighted by Crippen LogP contribution is -2.47. The van der Waals surface area contributed by atoms with Gasteiger partial charge >= 0.3 is 5.97 Å². The van der Waals surface area contributed by atoms with E-state index in [1.165, 1.54) is 12.1 Å². The van der Waals surface area contributed by atoms with Crippen LogP contribution >= 0.6 is 0 Å². The SMILES string of the molecule is CC(C)C(NS(=O)(=O)c1ccc2c(c1)oc1ccc(N3CCOCC3)cc12)C(=O)OC(C)(C)C. The fourth-order valence-corrected chi connectivity index (χ4v) is 5.34. The Labute approximate surface area is 200 Å². The number of benzene rings is 2. The number of nitrogens with zero attached hydrogens (tertiary/aromatic N) is 1. The van der Waals surface area contributed by atoms with Gasteiger partial charge in [0.2, 0.25) is 10.0 Å². The molecule has 0 radical (unpaired) electrons. The van der Waals surface area contributed by atoms with Crippen LogP contribution in [0.3, 0.4) is 0 Å². The van der Waals surface area contributed by atoms with Gasteiger partial charge in [-0.05, 0) is 57.0 Å². The van der Waals surface area contributed by atoms with Crippen molar-refractivity contribution >= 4 is 43.6 Å². The van der Waals surface area contributed by atoms with E-state index < -0.39 is 27.6 Å². The zero-order chi connectivity index (χ0) is 24.7. The highest BCUT2D eigenvalue weighted by molar-refractivity contribution is 7.89. The topological polar surface area (TPSA) is 98.1 Å². The minimum atomic E-state index is -3.99. The number of rotatable bonds is 6. The molecule has 34 heavy (non-hydrogen) atoms. The molecule has 1 aromatic heterocycles. The molecule has 1 saturated heterocycles. The molecule has 8 nitrogen and oxygen atoms in total. The Bertz CT molecular complexity index is 1300. The van der Waals surface area contributed by atoms with Crippen molar-refractivity contribution in [2.24, 2.45) is 5.92 Å². The van der Waals surface area contributed by atoms with Crippen LogP contribution in [0.25, 0.3) is 21.9 Å². The van der Waals surface area contributed by atoms with Crippen LogP contribution < -0.4 is 9.62 Å². The van der Waals surface area contributed by atoms with Crippen LogP contribution in [0.1, 0.15) is 34.6 Å². The van der Waals surface area contributed by atoms with Crippen LogP contribution in [0, 0.1) is 5.92 Å². The molecular weight excluding hydrogens is 456 g/mol. The average Bonchev–Trinajstić information content (AvgIpc) is 3.14. The van der Waals surface area contributed by atoms with Gasteiger partial charge in [-0.2, -0.15) is 4.72 Å². The van der Waals surface area contributed by atoms with Crippen molar-refractivity contribution in [1.82, 2.24) is 4.72 Å². The van der Waals surface area contributed by atoms with E-state index in [0.717, 1.165) is 29.5 Å². The minimum absolute atomic E-state index is 0.0293.